The Morgan fingerprint density at radius 2 is 2.20 bits per heavy atom. The molecule has 0 saturated heterocycles. The van der Waals surface area contributed by atoms with Crippen LogP contribution >= 0.6 is 0 Å². The molecule has 1 aliphatic rings. The van der Waals surface area contributed by atoms with E-state index in [0.29, 0.717) is 17.5 Å². The van der Waals surface area contributed by atoms with Crippen molar-refractivity contribution >= 4 is 5.69 Å². The molecule has 0 bridgehead atoms. The van der Waals surface area contributed by atoms with E-state index in [1.54, 1.807) is 12.3 Å². The van der Waals surface area contributed by atoms with Gasteiger partial charge in [-0.15, -0.1) is 0 Å². The molecule has 0 radical (unpaired) electrons. The number of hydrogen-bond acceptors (Lipinski definition) is 5. The van der Waals surface area contributed by atoms with E-state index in [2.05, 4.69) is 27.6 Å². The van der Waals surface area contributed by atoms with Crippen LogP contribution in [0.1, 0.15) is 12.0 Å². The highest BCUT2D eigenvalue weighted by Crippen LogP contribution is 2.28. The van der Waals surface area contributed by atoms with Gasteiger partial charge < -0.3 is 14.3 Å². The Morgan fingerprint density at radius 1 is 1.20 bits per heavy atom. The van der Waals surface area contributed by atoms with Crippen LogP contribution in [0.4, 0.5) is 5.69 Å². The van der Waals surface area contributed by atoms with Crippen molar-refractivity contribution in [1.82, 2.24) is 10.1 Å². The zero-order valence-corrected chi connectivity index (χ0v) is 10.8. The highest BCUT2D eigenvalue weighted by Gasteiger charge is 2.15. The summed E-state index contributed by atoms with van der Waals surface area (Å²) >= 11 is 0. The van der Waals surface area contributed by atoms with Crippen LogP contribution in [0, 0.1) is 0 Å². The van der Waals surface area contributed by atoms with Gasteiger partial charge in [-0.25, -0.2) is 0 Å². The Labute approximate surface area is 115 Å². The van der Waals surface area contributed by atoms with Crippen LogP contribution in [0.5, 0.6) is 0 Å². The minimum Gasteiger partial charge on any atom is -0.461 e. The molecule has 1 aromatic carbocycles. The Morgan fingerprint density at radius 3 is 3.10 bits per heavy atom. The van der Waals surface area contributed by atoms with Gasteiger partial charge in [0.15, 0.2) is 5.76 Å². The van der Waals surface area contributed by atoms with Gasteiger partial charge in [-0.3, -0.25) is 0 Å². The number of nitrogens with one attached hydrogen (secondary N) is 1. The van der Waals surface area contributed by atoms with Gasteiger partial charge in [-0.1, -0.05) is 5.16 Å². The lowest BCUT2D eigenvalue weighted by Gasteiger charge is -2.17. The standard InChI is InChI=1S/C15H13N3O2/c1-3-10-9-11(5-6-12(10)16-7-1)15-17-14(18-20-15)13-4-2-8-19-13/h2,4-6,8-9,16H,1,3,7H2. The Kier molecular flexibility index (Phi) is 2.55. The quantitative estimate of drug-likeness (QED) is 0.771. The van der Waals surface area contributed by atoms with Crippen molar-refractivity contribution < 1.29 is 8.94 Å². The number of anilines is 1. The monoisotopic (exact) mass is 267 g/mol. The summed E-state index contributed by atoms with van der Waals surface area (Å²) in [6, 6.07) is 9.79. The van der Waals surface area contributed by atoms with Crippen molar-refractivity contribution in [3.8, 4) is 23.0 Å². The molecule has 3 aromatic rings. The van der Waals surface area contributed by atoms with E-state index in [-0.39, 0.29) is 0 Å². The normalized spacial score (nSPS) is 13.8. The SMILES string of the molecule is c1coc(-c2noc(-c3ccc4c(c3)CCCN4)n2)c1. The molecular weight excluding hydrogens is 254 g/mol. The zero-order chi connectivity index (χ0) is 13.4. The molecule has 0 fully saturated rings. The van der Waals surface area contributed by atoms with Gasteiger partial charge in [0.2, 0.25) is 5.82 Å². The zero-order valence-electron chi connectivity index (χ0n) is 10.8. The van der Waals surface area contributed by atoms with Crippen LogP contribution < -0.4 is 5.32 Å². The Bertz CT molecular complexity index is 731. The fourth-order valence-electron chi connectivity index (χ4n) is 2.45. The van der Waals surface area contributed by atoms with Gasteiger partial charge in [0, 0.05) is 17.8 Å². The minimum absolute atomic E-state index is 0.473. The third kappa shape index (κ3) is 1.87. The Hall–Kier alpha value is -2.56. The van der Waals surface area contributed by atoms with Crippen LogP contribution in [0.25, 0.3) is 23.0 Å². The molecule has 1 N–H and O–H groups in total. The number of hydrogen-bond donors (Lipinski definition) is 1. The molecule has 100 valence electrons. The number of rotatable bonds is 2. The fraction of sp³-hybridized carbons (Fsp3) is 0.200. The highest BCUT2D eigenvalue weighted by atomic mass is 16.5. The van der Waals surface area contributed by atoms with Crippen LogP contribution in [0.2, 0.25) is 0 Å². The Balaban J connectivity index is 1.71. The van der Waals surface area contributed by atoms with Crippen molar-refractivity contribution in [2.45, 2.75) is 12.8 Å². The lowest BCUT2D eigenvalue weighted by molar-refractivity contribution is 0.429. The van der Waals surface area contributed by atoms with Crippen molar-refractivity contribution in [3.63, 3.8) is 0 Å². The van der Waals surface area contributed by atoms with Crippen molar-refractivity contribution in [1.29, 1.82) is 0 Å². The van der Waals surface area contributed by atoms with E-state index in [1.807, 2.05) is 12.1 Å². The molecule has 20 heavy (non-hydrogen) atoms. The van der Waals surface area contributed by atoms with Gasteiger partial charge in [-0.2, -0.15) is 4.98 Å². The van der Waals surface area contributed by atoms with E-state index in [9.17, 15) is 0 Å². The van der Waals surface area contributed by atoms with E-state index in [4.69, 9.17) is 8.94 Å². The minimum atomic E-state index is 0.473. The summed E-state index contributed by atoms with van der Waals surface area (Å²) < 4.78 is 10.6. The third-order valence-corrected chi connectivity index (χ3v) is 3.46. The number of aromatic nitrogens is 2. The van der Waals surface area contributed by atoms with E-state index >= 15 is 0 Å². The number of benzene rings is 1. The molecule has 3 heterocycles. The predicted molar refractivity (Wildman–Crippen MR) is 74.2 cm³/mol. The summed E-state index contributed by atoms with van der Waals surface area (Å²) in [6.07, 6.45) is 3.82. The molecule has 5 nitrogen and oxygen atoms in total. The molecule has 2 aromatic heterocycles. The molecule has 0 saturated carbocycles. The summed E-state index contributed by atoms with van der Waals surface area (Å²) in [5.41, 5.74) is 3.44. The lowest BCUT2D eigenvalue weighted by Crippen LogP contribution is -2.11. The van der Waals surface area contributed by atoms with Crippen molar-refractivity contribution in [3.05, 3.63) is 42.2 Å². The smallest absolute Gasteiger partial charge is 0.258 e. The van der Waals surface area contributed by atoms with Gasteiger partial charge in [0.25, 0.3) is 5.89 Å². The average Bonchev–Trinajstić information content (AvgIpc) is 3.17. The molecule has 0 spiro atoms. The highest BCUT2D eigenvalue weighted by molar-refractivity contribution is 5.64. The van der Waals surface area contributed by atoms with E-state index in [1.165, 1.54) is 11.3 Å². The van der Waals surface area contributed by atoms with Crippen molar-refractivity contribution in [2.75, 3.05) is 11.9 Å². The molecule has 0 unspecified atom stereocenters. The fourth-order valence-corrected chi connectivity index (χ4v) is 2.45. The summed E-state index contributed by atoms with van der Waals surface area (Å²) in [7, 11) is 0. The largest absolute Gasteiger partial charge is 0.461 e. The lowest BCUT2D eigenvalue weighted by atomic mass is 10.0. The molecular formula is C15H13N3O2. The molecule has 0 atom stereocenters. The van der Waals surface area contributed by atoms with Gasteiger partial charge in [-0.05, 0) is 48.7 Å². The average molecular weight is 267 g/mol. The molecule has 5 heteroatoms. The third-order valence-electron chi connectivity index (χ3n) is 3.46. The summed E-state index contributed by atoms with van der Waals surface area (Å²) in [5.74, 6) is 1.60. The molecule has 1 aliphatic heterocycles. The first-order chi connectivity index (χ1) is 9.90. The van der Waals surface area contributed by atoms with Crippen LogP contribution in [-0.4, -0.2) is 16.7 Å². The number of nitrogens with zero attached hydrogens (tertiary/aromatic N) is 2. The van der Waals surface area contributed by atoms with Crippen molar-refractivity contribution in [2.24, 2.45) is 0 Å². The number of aryl methyl sites for hydroxylation is 1. The second-order valence-electron chi connectivity index (χ2n) is 4.80. The first kappa shape index (κ1) is 11.3. The van der Waals surface area contributed by atoms with Gasteiger partial charge in [0.05, 0.1) is 6.26 Å². The van der Waals surface area contributed by atoms with Crippen LogP contribution in [0.3, 0.4) is 0 Å². The van der Waals surface area contributed by atoms with Gasteiger partial charge in [0.1, 0.15) is 0 Å². The summed E-state index contributed by atoms with van der Waals surface area (Å²) in [5, 5.41) is 7.34. The topological polar surface area (TPSA) is 64.1 Å². The first-order valence-corrected chi connectivity index (χ1v) is 6.65. The molecule has 0 amide bonds. The second kappa shape index (κ2) is 4.52. The maximum Gasteiger partial charge on any atom is 0.258 e. The second-order valence-corrected chi connectivity index (χ2v) is 4.80. The van der Waals surface area contributed by atoms with E-state index in [0.717, 1.165) is 24.9 Å². The maximum absolute atomic E-state index is 5.32. The van der Waals surface area contributed by atoms with Crippen LogP contribution in [-0.2, 0) is 6.42 Å². The molecule has 4 rings (SSSR count). The first-order valence-electron chi connectivity index (χ1n) is 6.65. The van der Waals surface area contributed by atoms with E-state index < -0.39 is 0 Å². The van der Waals surface area contributed by atoms with Gasteiger partial charge >= 0.3 is 0 Å². The summed E-state index contributed by atoms with van der Waals surface area (Å²) in [6.45, 7) is 1.04. The summed E-state index contributed by atoms with van der Waals surface area (Å²) in [4.78, 5) is 4.38. The molecule has 0 aliphatic carbocycles. The number of furan rings is 1. The van der Waals surface area contributed by atoms with Crippen LogP contribution in [0.15, 0.2) is 45.5 Å². The maximum atomic E-state index is 5.32. The predicted octanol–water partition coefficient (Wildman–Crippen LogP) is 3.35. The number of fused-ring (bicyclic) bond motifs is 1.